The Hall–Kier alpha value is -1.85. The first-order valence-corrected chi connectivity index (χ1v) is 11.8. The lowest BCUT2D eigenvalue weighted by atomic mass is 10.0. The van der Waals surface area contributed by atoms with Crippen molar-refractivity contribution in [2.24, 2.45) is 17.6 Å². The van der Waals surface area contributed by atoms with E-state index < -0.39 is 54.5 Å². The van der Waals surface area contributed by atoms with E-state index in [1.54, 1.807) is 0 Å². The quantitative estimate of drug-likeness (QED) is 0.192. The van der Waals surface area contributed by atoms with E-state index >= 15 is 0 Å². The first-order valence-electron chi connectivity index (χ1n) is 10.4. The highest BCUT2D eigenvalue weighted by molar-refractivity contribution is 7.98. The third-order valence-electron chi connectivity index (χ3n) is 4.44. The van der Waals surface area contributed by atoms with Gasteiger partial charge in [-0.2, -0.15) is 11.8 Å². The van der Waals surface area contributed by atoms with Crippen molar-refractivity contribution in [3.8, 4) is 0 Å². The zero-order valence-corrected chi connectivity index (χ0v) is 19.8. The molecule has 0 heterocycles. The maximum atomic E-state index is 12.7. The Labute approximate surface area is 188 Å². The topological polar surface area (TPSA) is 171 Å². The van der Waals surface area contributed by atoms with Gasteiger partial charge in [0.25, 0.3) is 0 Å². The molecule has 0 aromatic heterocycles. The maximum absolute atomic E-state index is 12.7. The second-order valence-corrected chi connectivity index (χ2v) is 9.34. The number of thioether (sulfide) groups is 1. The van der Waals surface area contributed by atoms with Crippen molar-refractivity contribution in [3.05, 3.63) is 0 Å². The summed E-state index contributed by atoms with van der Waals surface area (Å²) in [4.78, 5) is 48.9. The molecule has 0 bridgehead atoms. The molecule has 180 valence electrons. The van der Waals surface area contributed by atoms with Gasteiger partial charge >= 0.3 is 5.97 Å². The Morgan fingerprint density at radius 2 is 1.32 bits per heavy atom. The van der Waals surface area contributed by atoms with Gasteiger partial charge in [-0.05, 0) is 43.1 Å². The highest BCUT2D eigenvalue weighted by Crippen LogP contribution is 2.08. The summed E-state index contributed by atoms with van der Waals surface area (Å²) in [5.74, 6) is -2.35. The Balaban J connectivity index is 5.19. The van der Waals surface area contributed by atoms with Gasteiger partial charge in [0.15, 0.2) is 0 Å². The minimum atomic E-state index is -1.35. The largest absolute Gasteiger partial charge is 0.480 e. The number of hydrogen-bond acceptors (Lipinski definition) is 7. The van der Waals surface area contributed by atoms with Crippen molar-refractivity contribution in [3.63, 3.8) is 0 Å². The molecule has 0 fully saturated rings. The van der Waals surface area contributed by atoms with E-state index in [9.17, 15) is 29.4 Å². The van der Waals surface area contributed by atoms with E-state index in [1.807, 2.05) is 34.0 Å². The third-order valence-corrected chi connectivity index (χ3v) is 5.09. The van der Waals surface area contributed by atoms with Crippen LogP contribution in [0.1, 0.15) is 47.0 Å². The van der Waals surface area contributed by atoms with Crippen molar-refractivity contribution in [2.45, 2.75) is 71.1 Å². The van der Waals surface area contributed by atoms with Crippen LogP contribution in [0.5, 0.6) is 0 Å². The molecule has 0 rings (SSSR count). The standard InChI is InChI=1S/C20H38N4O6S/c1-11(2)8-13(21)17(26)23-15(9-12(3)4)18(27)24-16(10-25)19(28)22-14(20(29)30)6-7-31-5/h11-16,25H,6-10,21H2,1-5H3,(H,22,28)(H,23,26)(H,24,27)(H,29,30). The molecule has 0 aromatic rings. The minimum Gasteiger partial charge on any atom is -0.480 e. The second-order valence-electron chi connectivity index (χ2n) is 8.35. The molecule has 0 aromatic carbocycles. The molecule has 0 aliphatic heterocycles. The summed E-state index contributed by atoms with van der Waals surface area (Å²) >= 11 is 1.44. The monoisotopic (exact) mass is 462 g/mol. The van der Waals surface area contributed by atoms with Crippen LogP contribution in [0.25, 0.3) is 0 Å². The Kier molecular flexibility index (Phi) is 14.1. The van der Waals surface area contributed by atoms with Crippen molar-refractivity contribution >= 4 is 35.5 Å². The number of carboxylic acid groups (broad SMARTS) is 1. The van der Waals surface area contributed by atoms with E-state index in [2.05, 4.69) is 16.0 Å². The Morgan fingerprint density at radius 1 is 0.839 bits per heavy atom. The number of carbonyl (C=O) groups excluding carboxylic acids is 3. The lowest BCUT2D eigenvalue weighted by molar-refractivity contribution is -0.142. The van der Waals surface area contributed by atoms with Gasteiger partial charge in [-0.25, -0.2) is 4.79 Å². The molecule has 31 heavy (non-hydrogen) atoms. The van der Waals surface area contributed by atoms with Crippen LogP contribution in [0, 0.1) is 11.8 Å². The average Bonchev–Trinajstić information content (AvgIpc) is 2.66. The van der Waals surface area contributed by atoms with Crippen molar-refractivity contribution in [2.75, 3.05) is 18.6 Å². The number of nitrogens with two attached hydrogens (primary N) is 1. The molecule has 3 amide bonds. The van der Waals surface area contributed by atoms with Gasteiger partial charge < -0.3 is 31.9 Å². The highest BCUT2D eigenvalue weighted by Gasteiger charge is 2.30. The molecule has 0 saturated carbocycles. The Bertz CT molecular complexity index is 602. The van der Waals surface area contributed by atoms with Gasteiger partial charge in [-0.1, -0.05) is 27.7 Å². The summed E-state index contributed by atoms with van der Waals surface area (Å²) in [6.45, 7) is 6.89. The smallest absolute Gasteiger partial charge is 0.326 e. The molecular weight excluding hydrogens is 424 g/mol. The normalized spacial score (nSPS) is 15.1. The van der Waals surface area contributed by atoms with Gasteiger partial charge in [0, 0.05) is 0 Å². The van der Waals surface area contributed by atoms with Crippen LogP contribution in [0.15, 0.2) is 0 Å². The van der Waals surface area contributed by atoms with E-state index in [4.69, 9.17) is 5.73 Å². The van der Waals surface area contributed by atoms with Crippen LogP contribution in [-0.2, 0) is 19.2 Å². The zero-order valence-electron chi connectivity index (χ0n) is 19.0. The van der Waals surface area contributed by atoms with Crippen LogP contribution in [0.3, 0.4) is 0 Å². The number of hydrogen-bond donors (Lipinski definition) is 6. The predicted octanol–water partition coefficient (Wildman–Crippen LogP) is -0.310. The molecule has 4 atom stereocenters. The SMILES string of the molecule is CSCCC(NC(=O)C(CO)NC(=O)C(CC(C)C)NC(=O)C(N)CC(C)C)C(=O)O. The number of aliphatic hydroxyl groups is 1. The number of rotatable bonds is 15. The zero-order chi connectivity index (χ0) is 24.1. The number of carboxylic acids is 1. The summed E-state index contributed by atoms with van der Waals surface area (Å²) in [5, 5.41) is 26.2. The van der Waals surface area contributed by atoms with Gasteiger partial charge in [0.05, 0.1) is 12.6 Å². The van der Waals surface area contributed by atoms with Crippen LogP contribution in [-0.4, -0.2) is 76.7 Å². The summed E-state index contributed by atoms with van der Waals surface area (Å²) in [6, 6.07) is -4.20. The van der Waals surface area contributed by atoms with Crippen LogP contribution in [0.4, 0.5) is 0 Å². The number of aliphatic carboxylic acids is 1. The number of carbonyl (C=O) groups is 4. The molecule has 0 aliphatic rings. The Morgan fingerprint density at radius 3 is 1.77 bits per heavy atom. The molecule has 4 unspecified atom stereocenters. The molecule has 7 N–H and O–H groups in total. The van der Waals surface area contributed by atoms with Gasteiger partial charge in [-0.3, -0.25) is 14.4 Å². The van der Waals surface area contributed by atoms with Crippen LogP contribution < -0.4 is 21.7 Å². The van der Waals surface area contributed by atoms with Gasteiger partial charge in [-0.15, -0.1) is 0 Å². The molecular formula is C20H38N4O6S. The van der Waals surface area contributed by atoms with E-state index in [0.29, 0.717) is 18.6 Å². The number of aliphatic hydroxyl groups excluding tert-OH is 1. The van der Waals surface area contributed by atoms with E-state index in [-0.39, 0.29) is 18.3 Å². The lowest BCUT2D eigenvalue weighted by Crippen LogP contribution is -2.58. The lowest BCUT2D eigenvalue weighted by Gasteiger charge is -2.25. The summed E-state index contributed by atoms with van der Waals surface area (Å²) < 4.78 is 0. The fourth-order valence-electron chi connectivity index (χ4n) is 2.83. The predicted molar refractivity (Wildman–Crippen MR) is 120 cm³/mol. The summed E-state index contributed by atoms with van der Waals surface area (Å²) in [7, 11) is 0. The van der Waals surface area contributed by atoms with E-state index in [0.717, 1.165) is 0 Å². The molecule has 10 nitrogen and oxygen atoms in total. The first-order chi connectivity index (χ1) is 14.4. The number of nitrogens with one attached hydrogen (secondary N) is 3. The number of amides is 3. The average molecular weight is 463 g/mol. The fourth-order valence-corrected chi connectivity index (χ4v) is 3.30. The van der Waals surface area contributed by atoms with Crippen LogP contribution in [0.2, 0.25) is 0 Å². The molecule has 11 heteroatoms. The van der Waals surface area contributed by atoms with Gasteiger partial charge in [0.1, 0.15) is 18.1 Å². The fraction of sp³-hybridized carbons (Fsp3) is 0.800. The van der Waals surface area contributed by atoms with Crippen LogP contribution >= 0.6 is 11.8 Å². The van der Waals surface area contributed by atoms with Gasteiger partial charge in [0.2, 0.25) is 17.7 Å². The summed E-state index contributed by atoms with van der Waals surface area (Å²) in [5.41, 5.74) is 5.89. The van der Waals surface area contributed by atoms with Crippen molar-refractivity contribution < 1.29 is 29.4 Å². The molecule has 0 saturated heterocycles. The van der Waals surface area contributed by atoms with Crippen molar-refractivity contribution in [1.82, 2.24) is 16.0 Å². The highest BCUT2D eigenvalue weighted by atomic mass is 32.2. The van der Waals surface area contributed by atoms with Crippen molar-refractivity contribution in [1.29, 1.82) is 0 Å². The molecule has 0 aliphatic carbocycles. The molecule has 0 radical (unpaired) electrons. The second kappa shape index (κ2) is 15.0. The minimum absolute atomic E-state index is 0.0571. The maximum Gasteiger partial charge on any atom is 0.326 e. The molecule has 0 spiro atoms. The van der Waals surface area contributed by atoms with E-state index in [1.165, 1.54) is 11.8 Å². The third kappa shape index (κ3) is 11.9. The summed E-state index contributed by atoms with van der Waals surface area (Å²) in [6.07, 6.45) is 2.77. The first kappa shape index (κ1) is 29.1.